The van der Waals surface area contributed by atoms with Crippen molar-refractivity contribution < 1.29 is 8.42 Å². The Bertz CT molecular complexity index is 735. The molecule has 1 saturated heterocycles. The zero-order valence-electron chi connectivity index (χ0n) is 13.7. The number of benzene rings is 1. The van der Waals surface area contributed by atoms with Crippen molar-refractivity contribution in [3.8, 4) is 0 Å². The maximum atomic E-state index is 12.7. The zero-order chi connectivity index (χ0) is 16.8. The molecule has 1 aromatic heterocycles. The fraction of sp³-hybridized carbons (Fsp3) is 0.389. The van der Waals surface area contributed by atoms with Crippen molar-refractivity contribution in [2.24, 2.45) is 0 Å². The van der Waals surface area contributed by atoms with E-state index in [1.807, 2.05) is 42.6 Å². The van der Waals surface area contributed by atoms with Gasteiger partial charge in [0.2, 0.25) is 10.0 Å². The number of aromatic nitrogens is 1. The van der Waals surface area contributed by atoms with Gasteiger partial charge in [-0.25, -0.2) is 12.7 Å². The number of nitrogens with zero attached hydrogens (tertiary/aromatic N) is 3. The highest BCUT2D eigenvalue weighted by Gasteiger charge is 2.25. The molecule has 128 valence electrons. The van der Waals surface area contributed by atoms with Crippen LogP contribution >= 0.6 is 0 Å². The first-order chi connectivity index (χ1) is 11.6. The molecule has 24 heavy (non-hydrogen) atoms. The molecule has 0 radical (unpaired) electrons. The Morgan fingerprint density at radius 2 is 1.71 bits per heavy atom. The summed E-state index contributed by atoms with van der Waals surface area (Å²) in [6.45, 7) is 3.63. The third-order valence-corrected chi connectivity index (χ3v) is 6.11. The second-order valence-corrected chi connectivity index (χ2v) is 8.10. The van der Waals surface area contributed by atoms with Crippen LogP contribution in [0.1, 0.15) is 17.5 Å². The smallest absolute Gasteiger partial charge is 0.218 e. The summed E-state index contributed by atoms with van der Waals surface area (Å²) in [5, 5.41) is 0. The first kappa shape index (κ1) is 17.1. The molecule has 0 atom stereocenters. The van der Waals surface area contributed by atoms with Crippen LogP contribution < -0.4 is 0 Å². The molecule has 6 heteroatoms. The number of hydrogen-bond donors (Lipinski definition) is 0. The van der Waals surface area contributed by atoms with Gasteiger partial charge in [0, 0.05) is 38.6 Å². The molecule has 2 heterocycles. The van der Waals surface area contributed by atoms with Crippen LogP contribution in [0.15, 0.2) is 54.9 Å². The summed E-state index contributed by atoms with van der Waals surface area (Å²) in [5.41, 5.74) is 2.01. The maximum absolute atomic E-state index is 12.7. The van der Waals surface area contributed by atoms with Crippen molar-refractivity contribution in [2.45, 2.75) is 18.7 Å². The van der Waals surface area contributed by atoms with E-state index < -0.39 is 10.0 Å². The first-order valence-electron chi connectivity index (χ1n) is 8.26. The van der Waals surface area contributed by atoms with Gasteiger partial charge in [-0.1, -0.05) is 36.4 Å². The van der Waals surface area contributed by atoms with E-state index in [9.17, 15) is 8.42 Å². The second kappa shape index (κ2) is 7.88. The molecule has 1 aromatic carbocycles. The van der Waals surface area contributed by atoms with Gasteiger partial charge >= 0.3 is 0 Å². The van der Waals surface area contributed by atoms with Gasteiger partial charge in [-0.15, -0.1) is 0 Å². The molecule has 0 spiro atoms. The van der Waals surface area contributed by atoms with E-state index >= 15 is 0 Å². The van der Waals surface area contributed by atoms with Crippen molar-refractivity contribution in [2.75, 3.05) is 26.2 Å². The van der Waals surface area contributed by atoms with E-state index in [0.29, 0.717) is 13.1 Å². The number of rotatable bonds is 5. The van der Waals surface area contributed by atoms with Gasteiger partial charge in [-0.3, -0.25) is 9.88 Å². The lowest BCUT2D eigenvalue weighted by Gasteiger charge is -2.21. The van der Waals surface area contributed by atoms with Crippen LogP contribution in [0.2, 0.25) is 0 Å². The third-order valence-electron chi connectivity index (χ3n) is 4.26. The fourth-order valence-electron chi connectivity index (χ4n) is 3.01. The van der Waals surface area contributed by atoms with Gasteiger partial charge in [0.15, 0.2) is 0 Å². The van der Waals surface area contributed by atoms with Crippen LogP contribution in [0.4, 0.5) is 0 Å². The summed E-state index contributed by atoms with van der Waals surface area (Å²) in [5.74, 6) is 0.0798. The monoisotopic (exact) mass is 345 g/mol. The van der Waals surface area contributed by atoms with Crippen molar-refractivity contribution in [3.05, 3.63) is 66.0 Å². The van der Waals surface area contributed by atoms with Crippen molar-refractivity contribution in [3.63, 3.8) is 0 Å². The SMILES string of the molecule is O=S(=O)(Cc1ccccc1)N1CCCN(Cc2cccnc2)CC1. The Labute approximate surface area is 144 Å². The predicted molar refractivity (Wildman–Crippen MR) is 94.8 cm³/mol. The number of hydrogen-bond acceptors (Lipinski definition) is 4. The highest BCUT2D eigenvalue weighted by atomic mass is 32.2. The Morgan fingerprint density at radius 1 is 0.917 bits per heavy atom. The molecule has 0 saturated carbocycles. The highest BCUT2D eigenvalue weighted by molar-refractivity contribution is 7.88. The average Bonchev–Trinajstić information content (AvgIpc) is 2.82. The van der Waals surface area contributed by atoms with Crippen LogP contribution in [-0.4, -0.2) is 48.8 Å². The molecular formula is C18H23N3O2S. The van der Waals surface area contributed by atoms with Crippen LogP contribution in [0.25, 0.3) is 0 Å². The van der Waals surface area contributed by atoms with Crippen LogP contribution in [0, 0.1) is 0 Å². The van der Waals surface area contributed by atoms with E-state index in [2.05, 4.69) is 16.0 Å². The predicted octanol–water partition coefficient (Wildman–Crippen LogP) is 2.12. The Hall–Kier alpha value is -1.76. The number of pyridine rings is 1. The zero-order valence-corrected chi connectivity index (χ0v) is 14.5. The molecule has 0 amide bonds. The molecule has 1 aliphatic rings. The molecule has 0 unspecified atom stereocenters. The van der Waals surface area contributed by atoms with E-state index in [4.69, 9.17) is 0 Å². The molecule has 3 rings (SSSR count). The first-order valence-corrected chi connectivity index (χ1v) is 9.87. The van der Waals surface area contributed by atoms with Crippen LogP contribution in [0.5, 0.6) is 0 Å². The lowest BCUT2D eigenvalue weighted by atomic mass is 10.2. The minimum Gasteiger partial charge on any atom is -0.298 e. The summed E-state index contributed by atoms with van der Waals surface area (Å²) in [6, 6.07) is 13.4. The van der Waals surface area contributed by atoms with Crippen molar-refractivity contribution >= 4 is 10.0 Å². The van der Waals surface area contributed by atoms with Crippen LogP contribution in [0.3, 0.4) is 0 Å². The van der Waals surface area contributed by atoms with Gasteiger partial charge in [-0.05, 0) is 30.2 Å². The average molecular weight is 345 g/mol. The molecule has 5 nitrogen and oxygen atoms in total. The standard InChI is InChI=1S/C18H23N3O2S/c22-24(23,16-17-6-2-1-3-7-17)21-11-5-10-20(12-13-21)15-18-8-4-9-19-14-18/h1-4,6-9,14H,5,10-13,15-16H2. The Kier molecular flexibility index (Phi) is 5.60. The van der Waals surface area contributed by atoms with Gasteiger partial charge in [0.25, 0.3) is 0 Å². The summed E-state index contributed by atoms with van der Waals surface area (Å²) in [7, 11) is -3.26. The Morgan fingerprint density at radius 3 is 2.46 bits per heavy atom. The largest absolute Gasteiger partial charge is 0.298 e. The summed E-state index contributed by atoms with van der Waals surface area (Å²) in [4.78, 5) is 6.44. The summed E-state index contributed by atoms with van der Waals surface area (Å²) >= 11 is 0. The molecule has 2 aromatic rings. The van der Waals surface area contributed by atoms with E-state index in [-0.39, 0.29) is 5.75 Å². The molecule has 0 aliphatic carbocycles. The quantitative estimate of drug-likeness (QED) is 0.833. The van der Waals surface area contributed by atoms with Crippen LogP contribution in [-0.2, 0) is 22.3 Å². The molecular weight excluding hydrogens is 322 g/mol. The molecule has 0 N–H and O–H groups in total. The summed E-state index contributed by atoms with van der Waals surface area (Å²) in [6.07, 6.45) is 4.49. The normalized spacial score (nSPS) is 17.5. The van der Waals surface area contributed by atoms with Gasteiger partial charge in [-0.2, -0.15) is 0 Å². The lowest BCUT2D eigenvalue weighted by Crippen LogP contribution is -2.35. The lowest BCUT2D eigenvalue weighted by molar-refractivity contribution is 0.278. The van der Waals surface area contributed by atoms with Gasteiger partial charge in [0.05, 0.1) is 5.75 Å². The highest BCUT2D eigenvalue weighted by Crippen LogP contribution is 2.15. The molecule has 0 bridgehead atoms. The molecule has 1 fully saturated rings. The third kappa shape index (κ3) is 4.63. The van der Waals surface area contributed by atoms with Gasteiger partial charge in [0.1, 0.15) is 0 Å². The van der Waals surface area contributed by atoms with E-state index in [1.165, 1.54) is 0 Å². The Balaban J connectivity index is 1.60. The maximum Gasteiger partial charge on any atom is 0.218 e. The fourth-order valence-corrected chi connectivity index (χ4v) is 4.57. The summed E-state index contributed by atoms with van der Waals surface area (Å²) < 4.78 is 27.0. The number of sulfonamides is 1. The topological polar surface area (TPSA) is 53.5 Å². The molecule has 1 aliphatic heterocycles. The van der Waals surface area contributed by atoms with Crippen molar-refractivity contribution in [1.82, 2.24) is 14.2 Å². The van der Waals surface area contributed by atoms with E-state index in [0.717, 1.165) is 37.2 Å². The minimum atomic E-state index is -3.26. The van der Waals surface area contributed by atoms with Crippen molar-refractivity contribution in [1.29, 1.82) is 0 Å². The second-order valence-electron chi connectivity index (χ2n) is 6.13. The minimum absolute atomic E-state index is 0.0798. The van der Waals surface area contributed by atoms with Gasteiger partial charge < -0.3 is 0 Å². The van der Waals surface area contributed by atoms with E-state index in [1.54, 1.807) is 10.5 Å².